The van der Waals surface area contributed by atoms with Gasteiger partial charge in [-0.2, -0.15) is 35.7 Å². The fourth-order valence-corrected chi connectivity index (χ4v) is 8.83. The summed E-state index contributed by atoms with van der Waals surface area (Å²) in [6, 6.07) is 11.0. The molecule has 2 aromatic carbocycles. The van der Waals surface area contributed by atoms with E-state index < -0.39 is 46.4 Å². The molecule has 0 bridgehead atoms. The molecule has 4 aromatic rings. The van der Waals surface area contributed by atoms with Gasteiger partial charge in [-0.15, -0.1) is 0 Å². The lowest BCUT2D eigenvalue weighted by molar-refractivity contribution is -0.142. The summed E-state index contributed by atoms with van der Waals surface area (Å²) in [5, 5.41) is 9.71. The van der Waals surface area contributed by atoms with Crippen molar-refractivity contribution >= 4 is 44.6 Å². The summed E-state index contributed by atoms with van der Waals surface area (Å²) in [5.41, 5.74) is 0.939. The van der Waals surface area contributed by atoms with Crippen LogP contribution in [0.1, 0.15) is 54.7 Å². The molecule has 13 nitrogen and oxygen atoms in total. The number of rotatable bonds is 9. The minimum atomic E-state index is -4.56. The fourth-order valence-electron chi connectivity index (χ4n) is 7.29. The molecule has 0 saturated carbocycles. The maximum atomic E-state index is 13.6. The van der Waals surface area contributed by atoms with E-state index in [0.717, 1.165) is 15.8 Å². The quantitative estimate of drug-likeness (QED) is 0.210. The molecule has 55 heavy (non-hydrogen) atoms. The van der Waals surface area contributed by atoms with Crippen LogP contribution in [0, 0.1) is 0 Å². The van der Waals surface area contributed by atoms with Crippen molar-refractivity contribution in [3.05, 3.63) is 71.5 Å². The third-order valence-corrected chi connectivity index (χ3v) is 12.1. The van der Waals surface area contributed by atoms with Gasteiger partial charge in [0, 0.05) is 56.4 Å². The second kappa shape index (κ2) is 15.0. The number of hydrogen-bond acceptors (Lipinski definition) is 9. The summed E-state index contributed by atoms with van der Waals surface area (Å²) in [7, 11) is -3.82. The molecule has 5 heterocycles. The second-order valence-corrected chi connectivity index (χ2v) is 15.9. The van der Waals surface area contributed by atoms with Crippen LogP contribution < -0.4 is 15.5 Å². The van der Waals surface area contributed by atoms with E-state index in [1.165, 1.54) is 9.21 Å². The van der Waals surface area contributed by atoms with Gasteiger partial charge in [-0.05, 0) is 80.1 Å². The van der Waals surface area contributed by atoms with Gasteiger partial charge >= 0.3 is 18.4 Å². The number of halogens is 6. The summed E-state index contributed by atoms with van der Waals surface area (Å²) in [5.74, 6) is -0.319. The van der Waals surface area contributed by atoms with Gasteiger partial charge < -0.3 is 5.32 Å². The number of fused-ring (bicyclic) bond motifs is 1. The first kappa shape index (κ1) is 38.5. The van der Waals surface area contributed by atoms with Crippen LogP contribution in [0.3, 0.4) is 0 Å². The van der Waals surface area contributed by atoms with Gasteiger partial charge in [-0.1, -0.05) is 18.2 Å². The molecular formula is C35H37F6N9O4S. The smallest absolute Gasteiger partial charge is 0.351 e. The molecule has 3 fully saturated rings. The van der Waals surface area contributed by atoms with Gasteiger partial charge in [-0.3, -0.25) is 24.6 Å². The lowest BCUT2D eigenvalue weighted by Gasteiger charge is -2.33. The highest BCUT2D eigenvalue weighted by molar-refractivity contribution is 7.89. The predicted molar refractivity (Wildman–Crippen MR) is 187 cm³/mol. The van der Waals surface area contributed by atoms with Crippen molar-refractivity contribution in [2.75, 3.05) is 42.9 Å². The molecule has 3 aliphatic heterocycles. The van der Waals surface area contributed by atoms with Crippen LogP contribution in [0.2, 0.25) is 0 Å². The molecule has 20 heteroatoms. The fraction of sp³-hybridized carbons (Fsp3) is 0.457. The number of carbonyl (C=O) groups excluding carboxylic acids is 2. The summed E-state index contributed by atoms with van der Waals surface area (Å²) in [4.78, 5) is 35.2. The number of amides is 3. The minimum absolute atomic E-state index is 0.00155. The number of carbonyl (C=O) groups is 2. The summed E-state index contributed by atoms with van der Waals surface area (Å²) in [6.07, 6.45) is -5.45. The SMILES string of the molecule is O=C1CCN(c2nn(CC(F)(F)F)c3cc(C4CCN(Cc5cccc(S(=O)(=O)N6CCC(Nc7ncc(C(F)(F)F)cn7)CC6)c5)CC4)ccc23)C(=O)N1. The number of alkyl halides is 6. The number of sulfonamides is 1. The lowest BCUT2D eigenvalue weighted by atomic mass is 9.89. The topological polar surface area (TPSA) is 146 Å². The maximum absolute atomic E-state index is 13.6. The van der Waals surface area contributed by atoms with Crippen LogP contribution in [-0.4, -0.2) is 94.3 Å². The van der Waals surface area contributed by atoms with Gasteiger partial charge in [0.1, 0.15) is 6.54 Å². The third-order valence-electron chi connectivity index (χ3n) is 10.2. The second-order valence-electron chi connectivity index (χ2n) is 13.9. The zero-order valence-electron chi connectivity index (χ0n) is 29.3. The summed E-state index contributed by atoms with van der Waals surface area (Å²) in [6.45, 7) is 0.896. The molecule has 7 rings (SSSR count). The van der Waals surface area contributed by atoms with E-state index >= 15 is 0 Å². The zero-order chi connectivity index (χ0) is 39.1. The van der Waals surface area contributed by atoms with Gasteiger partial charge in [0.2, 0.25) is 21.9 Å². The van der Waals surface area contributed by atoms with Crippen molar-refractivity contribution in [3.63, 3.8) is 0 Å². The molecule has 0 atom stereocenters. The highest BCUT2D eigenvalue weighted by atomic mass is 32.2. The standard InChI is InChI=1S/C35H37F6N9O4S/c36-34(37,38)21-50-29-17-24(4-5-28(29)31(46-50)49-15-10-30(51)45-33(49)52)23-6-11-47(12-7-23)20-22-2-1-3-27(16-22)55(53,54)48-13-8-26(9-14-48)44-32-42-18-25(19-43-32)35(39,40)41/h1-5,16-19,23,26H,6-15,20-21H2,(H,42,43,44)(H,45,51,52). The monoisotopic (exact) mass is 793 g/mol. The van der Waals surface area contributed by atoms with Crippen LogP contribution in [0.15, 0.2) is 59.8 Å². The van der Waals surface area contributed by atoms with Crippen molar-refractivity contribution in [1.82, 2.24) is 34.3 Å². The Hall–Kier alpha value is -4.82. The molecule has 0 spiro atoms. The minimum Gasteiger partial charge on any atom is -0.351 e. The predicted octanol–water partition coefficient (Wildman–Crippen LogP) is 5.50. The molecule has 2 N–H and O–H groups in total. The van der Waals surface area contributed by atoms with Gasteiger partial charge in [0.05, 0.1) is 16.0 Å². The van der Waals surface area contributed by atoms with Crippen molar-refractivity contribution in [2.24, 2.45) is 0 Å². The highest BCUT2D eigenvalue weighted by Crippen LogP contribution is 2.36. The van der Waals surface area contributed by atoms with Crippen molar-refractivity contribution in [3.8, 4) is 0 Å². The first-order valence-corrected chi connectivity index (χ1v) is 19.1. The largest absolute Gasteiger partial charge is 0.419 e. The Morgan fingerprint density at radius 1 is 0.873 bits per heavy atom. The van der Waals surface area contributed by atoms with E-state index in [1.807, 2.05) is 12.1 Å². The Kier molecular flexibility index (Phi) is 10.5. The van der Waals surface area contributed by atoms with E-state index in [2.05, 4.69) is 30.6 Å². The van der Waals surface area contributed by atoms with Crippen molar-refractivity contribution < 1.29 is 44.3 Å². The number of hydrogen-bond donors (Lipinski definition) is 2. The Morgan fingerprint density at radius 3 is 2.24 bits per heavy atom. The van der Waals surface area contributed by atoms with E-state index in [9.17, 15) is 44.3 Å². The number of imide groups is 1. The van der Waals surface area contributed by atoms with E-state index in [0.29, 0.717) is 63.1 Å². The van der Waals surface area contributed by atoms with Gasteiger partial charge in [-0.25, -0.2) is 23.2 Å². The van der Waals surface area contributed by atoms with E-state index in [-0.39, 0.29) is 60.2 Å². The van der Waals surface area contributed by atoms with Crippen LogP contribution in [0.5, 0.6) is 0 Å². The van der Waals surface area contributed by atoms with Gasteiger partial charge in [0.15, 0.2) is 5.82 Å². The number of aromatic nitrogens is 4. The number of urea groups is 1. The van der Waals surface area contributed by atoms with E-state index in [4.69, 9.17) is 0 Å². The Bertz CT molecular complexity index is 2160. The molecule has 3 aliphatic rings. The Labute approximate surface area is 311 Å². The Balaban J connectivity index is 0.962. The van der Waals surface area contributed by atoms with Crippen LogP contribution in [0.4, 0.5) is 42.9 Å². The molecule has 2 aromatic heterocycles. The van der Waals surface area contributed by atoms with Crippen LogP contribution >= 0.6 is 0 Å². The first-order valence-electron chi connectivity index (χ1n) is 17.7. The number of benzene rings is 2. The molecule has 3 amide bonds. The average molecular weight is 794 g/mol. The van der Waals surface area contributed by atoms with Crippen molar-refractivity contribution in [1.29, 1.82) is 0 Å². The molecule has 0 unspecified atom stereocenters. The number of nitrogens with zero attached hydrogens (tertiary/aromatic N) is 7. The summed E-state index contributed by atoms with van der Waals surface area (Å²) >= 11 is 0. The third kappa shape index (κ3) is 8.70. The number of anilines is 2. The molecule has 3 saturated heterocycles. The van der Waals surface area contributed by atoms with E-state index in [1.54, 1.807) is 30.3 Å². The zero-order valence-corrected chi connectivity index (χ0v) is 30.1. The first-order chi connectivity index (χ1) is 26.0. The molecule has 0 radical (unpaired) electrons. The highest BCUT2D eigenvalue weighted by Gasteiger charge is 2.35. The molecule has 294 valence electrons. The lowest BCUT2D eigenvalue weighted by Crippen LogP contribution is -2.49. The normalized spacial score (nSPS) is 18.9. The maximum Gasteiger partial charge on any atom is 0.419 e. The number of nitrogens with one attached hydrogen (secondary N) is 2. The molecule has 0 aliphatic carbocycles. The number of likely N-dealkylation sites (tertiary alicyclic amines) is 1. The van der Waals surface area contributed by atoms with Crippen LogP contribution in [-0.2, 0) is 34.1 Å². The molecular weight excluding hydrogens is 756 g/mol. The average Bonchev–Trinajstić information content (AvgIpc) is 3.48. The summed E-state index contributed by atoms with van der Waals surface area (Å²) < 4.78 is 109. The van der Waals surface area contributed by atoms with Crippen molar-refractivity contribution in [2.45, 2.75) is 74.4 Å². The Morgan fingerprint density at radius 2 is 1.58 bits per heavy atom. The van der Waals surface area contributed by atoms with Gasteiger partial charge in [0.25, 0.3) is 0 Å². The number of piperidine rings is 2. The van der Waals surface area contributed by atoms with Crippen LogP contribution in [0.25, 0.3) is 10.9 Å².